The van der Waals surface area contributed by atoms with Crippen molar-refractivity contribution in [3.05, 3.63) is 23.8 Å². The first-order valence-corrected chi connectivity index (χ1v) is 8.38. The van der Waals surface area contributed by atoms with Crippen LogP contribution in [0.1, 0.15) is 18.9 Å². The van der Waals surface area contributed by atoms with Crippen molar-refractivity contribution >= 4 is 10.0 Å². The molecule has 0 spiro atoms. The predicted molar refractivity (Wildman–Crippen MR) is 77.8 cm³/mol. The molecule has 7 heteroatoms. The molecule has 114 valence electrons. The quantitative estimate of drug-likeness (QED) is 0.853. The predicted octanol–water partition coefficient (Wildman–Crippen LogP) is 1.22. The lowest BCUT2D eigenvalue weighted by Gasteiger charge is -2.19. The van der Waals surface area contributed by atoms with Gasteiger partial charge in [0.25, 0.3) is 0 Å². The van der Waals surface area contributed by atoms with Crippen molar-refractivity contribution in [2.24, 2.45) is 0 Å². The topological polar surface area (TPSA) is 88.4 Å². The van der Waals surface area contributed by atoms with Gasteiger partial charge in [0, 0.05) is 6.54 Å². The first-order valence-electron chi connectivity index (χ1n) is 6.83. The number of fused-ring (bicyclic) bond motifs is 1. The summed E-state index contributed by atoms with van der Waals surface area (Å²) in [6.45, 7) is 2.98. The van der Waals surface area contributed by atoms with Crippen LogP contribution in [0, 0.1) is 11.3 Å². The minimum Gasteiger partial charge on any atom is -0.486 e. The fourth-order valence-corrected chi connectivity index (χ4v) is 3.23. The number of ether oxygens (including phenoxy) is 2. The Labute approximate surface area is 124 Å². The molecule has 0 aliphatic carbocycles. The fourth-order valence-electron chi connectivity index (χ4n) is 2.06. The van der Waals surface area contributed by atoms with Gasteiger partial charge >= 0.3 is 0 Å². The number of nitrogens with one attached hydrogen (secondary N) is 1. The third kappa shape index (κ3) is 3.86. The van der Waals surface area contributed by atoms with Gasteiger partial charge in [-0.3, -0.25) is 0 Å². The Balaban J connectivity index is 1.93. The van der Waals surface area contributed by atoms with Gasteiger partial charge in [-0.2, -0.15) is 5.26 Å². The van der Waals surface area contributed by atoms with Crippen LogP contribution in [0.3, 0.4) is 0 Å². The number of hydrogen-bond acceptors (Lipinski definition) is 5. The summed E-state index contributed by atoms with van der Waals surface area (Å²) in [6.07, 6.45) is 0.799. The molecule has 1 N–H and O–H groups in total. The molecular weight excluding hydrogens is 292 g/mol. The second-order valence-electron chi connectivity index (χ2n) is 4.69. The lowest BCUT2D eigenvalue weighted by Crippen LogP contribution is -2.34. The average Bonchev–Trinajstić information content (AvgIpc) is 2.48. The van der Waals surface area contributed by atoms with Crippen molar-refractivity contribution in [2.45, 2.75) is 25.0 Å². The molecule has 1 aromatic rings. The van der Waals surface area contributed by atoms with Crippen LogP contribution in [-0.2, 0) is 16.4 Å². The van der Waals surface area contributed by atoms with Crippen LogP contribution in [0.2, 0.25) is 0 Å². The van der Waals surface area contributed by atoms with Gasteiger partial charge in [-0.05, 0) is 30.5 Å². The van der Waals surface area contributed by atoms with Crippen LogP contribution in [0.5, 0.6) is 11.5 Å². The minimum absolute atomic E-state index is 0.250. The molecule has 0 aromatic heterocycles. The molecule has 1 aliphatic heterocycles. The Morgan fingerprint density at radius 3 is 2.71 bits per heavy atom. The standard InChI is InChI=1S/C14H18N2O4S/c1-2-12(10-15)21(17,18)16-6-5-11-3-4-13-14(9-11)20-8-7-19-13/h3-4,9,12,16H,2,5-8H2,1H3. The Hall–Kier alpha value is -1.78. The van der Waals surface area contributed by atoms with Gasteiger partial charge < -0.3 is 9.47 Å². The molecule has 0 fully saturated rings. The number of benzene rings is 1. The zero-order chi connectivity index (χ0) is 15.3. The lowest BCUT2D eigenvalue weighted by molar-refractivity contribution is 0.171. The summed E-state index contributed by atoms with van der Waals surface area (Å²) in [6, 6.07) is 7.35. The largest absolute Gasteiger partial charge is 0.486 e. The smallest absolute Gasteiger partial charge is 0.227 e. The maximum atomic E-state index is 11.8. The van der Waals surface area contributed by atoms with E-state index in [2.05, 4.69) is 4.72 Å². The van der Waals surface area contributed by atoms with Crippen LogP contribution in [0.25, 0.3) is 0 Å². The Kier molecular flexibility index (Phi) is 5.04. The highest BCUT2D eigenvalue weighted by molar-refractivity contribution is 7.90. The average molecular weight is 310 g/mol. The summed E-state index contributed by atoms with van der Waals surface area (Å²) in [5.41, 5.74) is 0.951. The van der Waals surface area contributed by atoms with Crippen molar-refractivity contribution in [1.29, 1.82) is 5.26 Å². The van der Waals surface area contributed by atoms with Crippen molar-refractivity contribution in [2.75, 3.05) is 19.8 Å². The first kappa shape index (κ1) is 15.6. The van der Waals surface area contributed by atoms with Crippen LogP contribution in [0.4, 0.5) is 0 Å². The first-order chi connectivity index (χ1) is 10.1. The van der Waals surface area contributed by atoms with E-state index in [9.17, 15) is 8.42 Å². The summed E-state index contributed by atoms with van der Waals surface area (Å²) in [4.78, 5) is 0. The minimum atomic E-state index is -3.58. The molecule has 21 heavy (non-hydrogen) atoms. The molecule has 0 radical (unpaired) electrons. The Bertz CT molecular complexity index is 637. The molecule has 0 saturated carbocycles. The molecule has 0 saturated heterocycles. The highest BCUT2D eigenvalue weighted by atomic mass is 32.2. The van der Waals surface area contributed by atoms with Crippen LogP contribution < -0.4 is 14.2 Å². The summed E-state index contributed by atoms with van der Waals surface area (Å²) < 4.78 is 37.0. The van der Waals surface area contributed by atoms with Gasteiger partial charge in [-0.25, -0.2) is 13.1 Å². The van der Waals surface area contributed by atoms with Gasteiger partial charge in [0.2, 0.25) is 10.0 Å². The van der Waals surface area contributed by atoms with Crippen LogP contribution >= 0.6 is 0 Å². The van der Waals surface area contributed by atoms with E-state index < -0.39 is 15.3 Å². The van der Waals surface area contributed by atoms with E-state index in [0.29, 0.717) is 31.1 Å². The number of nitrogens with zero attached hydrogens (tertiary/aromatic N) is 1. The van der Waals surface area contributed by atoms with Crippen molar-refractivity contribution in [3.8, 4) is 17.6 Å². The summed E-state index contributed by atoms with van der Waals surface area (Å²) in [5.74, 6) is 1.39. The van der Waals surface area contributed by atoms with E-state index in [1.165, 1.54) is 0 Å². The number of nitriles is 1. The second-order valence-corrected chi connectivity index (χ2v) is 6.64. The van der Waals surface area contributed by atoms with Gasteiger partial charge in [-0.1, -0.05) is 13.0 Å². The molecular formula is C14H18N2O4S. The van der Waals surface area contributed by atoms with E-state index in [1.807, 2.05) is 18.2 Å². The summed E-state index contributed by atoms with van der Waals surface area (Å²) in [5, 5.41) is 7.81. The van der Waals surface area contributed by atoms with Gasteiger partial charge in [0.05, 0.1) is 6.07 Å². The van der Waals surface area contributed by atoms with E-state index in [-0.39, 0.29) is 13.0 Å². The molecule has 1 heterocycles. The van der Waals surface area contributed by atoms with E-state index in [1.54, 1.807) is 13.0 Å². The Morgan fingerprint density at radius 2 is 2.05 bits per heavy atom. The lowest BCUT2D eigenvalue weighted by atomic mass is 10.1. The SMILES string of the molecule is CCC(C#N)S(=O)(=O)NCCc1ccc2c(c1)OCCO2. The fraction of sp³-hybridized carbons (Fsp3) is 0.500. The third-order valence-electron chi connectivity index (χ3n) is 3.21. The monoisotopic (exact) mass is 310 g/mol. The second kappa shape index (κ2) is 6.78. The normalized spacial score (nSPS) is 15.2. The molecule has 1 aromatic carbocycles. The third-order valence-corrected chi connectivity index (χ3v) is 5.01. The molecule has 0 bridgehead atoms. The van der Waals surface area contributed by atoms with Crippen LogP contribution in [-0.4, -0.2) is 33.4 Å². The summed E-state index contributed by atoms with van der Waals surface area (Å²) in [7, 11) is -3.58. The van der Waals surface area contributed by atoms with E-state index >= 15 is 0 Å². The van der Waals surface area contributed by atoms with E-state index in [0.717, 1.165) is 5.56 Å². The summed E-state index contributed by atoms with van der Waals surface area (Å²) >= 11 is 0. The number of rotatable bonds is 6. The van der Waals surface area contributed by atoms with Crippen molar-refractivity contribution < 1.29 is 17.9 Å². The Morgan fingerprint density at radius 1 is 1.33 bits per heavy atom. The zero-order valence-corrected chi connectivity index (χ0v) is 12.6. The molecule has 2 rings (SSSR count). The maximum Gasteiger partial charge on any atom is 0.227 e. The highest BCUT2D eigenvalue weighted by Crippen LogP contribution is 2.30. The zero-order valence-electron chi connectivity index (χ0n) is 11.8. The molecule has 1 aliphatic rings. The molecule has 1 atom stereocenters. The van der Waals surface area contributed by atoms with E-state index in [4.69, 9.17) is 14.7 Å². The maximum absolute atomic E-state index is 11.8. The van der Waals surface area contributed by atoms with Gasteiger partial charge in [-0.15, -0.1) is 0 Å². The van der Waals surface area contributed by atoms with Crippen molar-refractivity contribution in [1.82, 2.24) is 4.72 Å². The highest BCUT2D eigenvalue weighted by Gasteiger charge is 2.22. The van der Waals surface area contributed by atoms with Crippen LogP contribution in [0.15, 0.2) is 18.2 Å². The molecule has 6 nitrogen and oxygen atoms in total. The number of sulfonamides is 1. The van der Waals surface area contributed by atoms with Gasteiger partial charge in [0.1, 0.15) is 13.2 Å². The number of hydrogen-bond donors (Lipinski definition) is 1. The molecule has 0 amide bonds. The van der Waals surface area contributed by atoms with Crippen molar-refractivity contribution in [3.63, 3.8) is 0 Å². The van der Waals surface area contributed by atoms with Gasteiger partial charge in [0.15, 0.2) is 16.7 Å². The molecule has 1 unspecified atom stereocenters.